The lowest BCUT2D eigenvalue weighted by Gasteiger charge is -2.26. The van der Waals surface area contributed by atoms with Crippen LogP contribution < -0.4 is 10.1 Å². The summed E-state index contributed by atoms with van der Waals surface area (Å²) in [5, 5.41) is 3.19. The Kier molecular flexibility index (Phi) is 7.02. The number of nitrogens with one attached hydrogen (secondary N) is 1. The first-order valence-electron chi connectivity index (χ1n) is 6.93. The van der Waals surface area contributed by atoms with E-state index in [1.165, 1.54) is 0 Å². The van der Waals surface area contributed by atoms with Gasteiger partial charge in [-0.25, -0.2) is 4.79 Å². The van der Waals surface area contributed by atoms with Crippen LogP contribution in [0.5, 0.6) is 5.75 Å². The summed E-state index contributed by atoms with van der Waals surface area (Å²) in [6.07, 6.45) is 0.884. The number of ether oxygens (including phenoxy) is 2. The van der Waals surface area contributed by atoms with Gasteiger partial charge in [0.05, 0.1) is 18.2 Å². The summed E-state index contributed by atoms with van der Waals surface area (Å²) in [5.74, 6) is 0.564. The molecule has 0 radical (unpaired) electrons. The molecule has 5 heteroatoms. The van der Waals surface area contributed by atoms with Crippen LogP contribution in [0.3, 0.4) is 0 Å². The van der Waals surface area contributed by atoms with Gasteiger partial charge in [0.2, 0.25) is 0 Å². The summed E-state index contributed by atoms with van der Waals surface area (Å²) < 4.78 is 11.2. The molecule has 1 aromatic rings. The van der Waals surface area contributed by atoms with Gasteiger partial charge < -0.3 is 14.8 Å². The standard InChI is InChI=1S/C13H16BrNO3.C2H6/c1-3-18-13(16)12-9-7-10(14)11(17-2)6-8(9)4-5-15-12;1-2/h6-7,12,15H,3-5H2,1-2H3;1-2H3. The average Bonchev–Trinajstić information content (AvgIpc) is 2.48. The lowest BCUT2D eigenvalue weighted by molar-refractivity contribution is -0.146. The Labute approximate surface area is 129 Å². The molecule has 0 aliphatic carbocycles. The number of rotatable bonds is 3. The molecule has 2 rings (SSSR count). The van der Waals surface area contributed by atoms with E-state index in [0.717, 1.165) is 34.3 Å². The van der Waals surface area contributed by atoms with Crippen LogP contribution in [0, 0.1) is 0 Å². The van der Waals surface area contributed by atoms with Gasteiger partial charge >= 0.3 is 5.97 Å². The number of hydrogen-bond donors (Lipinski definition) is 1. The molecule has 112 valence electrons. The minimum absolute atomic E-state index is 0.226. The van der Waals surface area contributed by atoms with Crippen molar-refractivity contribution in [3.8, 4) is 5.75 Å². The quantitative estimate of drug-likeness (QED) is 0.856. The highest BCUT2D eigenvalue weighted by molar-refractivity contribution is 9.10. The summed E-state index contributed by atoms with van der Waals surface area (Å²) in [5.41, 5.74) is 2.10. The average molecular weight is 344 g/mol. The first kappa shape index (κ1) is 17.0. The van der Waals surface area contributed by atoms with Crippen molar-refractivity contribution < 1.29 is 14.3 Å². The lowest BCUT2D eigenvalue weighted by atomic mass is 9.94. The maximum Gasteiger partial charge on any atom is 0.327 e. The second-order valence-corrected chi connectivity index (χ2v) is 4.93. The van der Waals surface area contributed by atoms with E-state index in [2.05, 4.69) is 21.2 Å². The molecule has 0 saturated carbocycles. The summed E-state index contributed by atoms with van der Waals surface area (Å²) in [4.78, 5) is 11.9. The third kappa shape index (κ3) is 3.73. The Morgan fingerprint density at radius 3 is 2.75 bits per heavy atom. The van der Waals surface area contributed by atoms with Gasteiger partial charge in [-0.15, -0.1) is 0 Å². The topological polar surface area (TPSA) is 47.6 Å². The van der Waals surface area contributed by atoms with Crippen molar-refractivity contribution in [1.29, 1.82) is 0 Å². The van der Waals surface area contributed by atoms with E-state index >= 15 is 0 Å². The van der Waals surface area contributed by atoms with Crippen molar-refractivity contribution in [2.24, 2.45) is 0 Å². The van der Waals surface area contributed by atoms with Gasteiger partial charge in [-0.1, -0.05) is 13.8 Å². The van der Waals surface area contributed by atoms with Crippen molar-refractivity contribution in [2.45, 2.75) is 33.2 Å². The third-order valence-electron chi connectivity index (χ3n) is 2.99. The summed E-state index contributed by atoms with van der Waals surface area (Å²) in [6.45, 7) is 6.97. The maximum absolute atomic E-state index is 11.9. The van der Waals surface area contributed by atoms with Crippen LogP contribution in [-0.2, 0) is 16.0 Å². The minimum Gasteiger partial charge on any atom is -0.496 e. The maximum atomic E-state index is 11.9. The molecule has 1 unspecified atom stereocenters. The van der Waals surface area contributed by atoms with Gasteiger partial charge in [-0.05, 0) is 52.5 Å². The van der Waals surface area contributed by atoms with E-state index in [9.17, 15) is 4.79 Å². The van der Waals surface area contributed by atoms with Gasteiger partial charge in [0, 0.05) is 6.54 Å². The zero-order valence-corrected chi connectivity index (χ0v) is 14.0. The number of hydrogen-bond acceptors (Lipinski definition) is 4. The molecule has 0 aromatic heterocycles. The fraction of sp³-hybridized carbons (Fsp3) is 0.533. The van der Waals surface area contributed by atoms with E-state index in [1.54, 1.807) is 7.11 Å². The number of methoxy groups -OCH3 is 1. The van der Waals surface area contributed by atoms with Crippen LogP contribution in [0.25, 0.3) is 0 Å². The number of carbonyl (C=O) groups excluding carboxylic acids is 1. The van der Waals surface area contributed by atoms with Gasteiger partial charge in [0.25, 0.3) is 0 Å². The Morgan fingerprint density at radius 1 is 1.45 bits per heavy atom. The molecule has 1 aliphatic heterocycles. The first-order chi connectivity index (χ1) is 9.67. The lowest BCUT2D eigenvalue weighted by Crippen LogP contribution is -2.36. The van der Waals surface area contributed by atoms with E-state index in [1.807, 2.05) is 32.9 Å². The van der Waals surface area contributed by atoms with Crippen LogP contribution in [0.2, 0.25) is 0 Å². The van der Waals surface area contributed by atoms with Crippen LogP contribution in [0.4, 0.5) is 0 Å². The number of esters is 1. The molecule has 0 fully saturated rings. The molecule has 20 heavy (non-hydrogen) atoms. The fourth-order valence-corrected chi connectivity index (χ4v) is 2.67. The molecule has 4 nitrogen and oxygen atoms in total. The summed E-state index contributed by atoms with van der Waals surface area (Å²) in [7, 11) is 1.64. The second-order valence-electron chi connectivity index (χ2n) is 4.07. The Hall–Kier alpha value is -1.07. The van der Waals surface area contributed by atoms with Crippen molar-refractivity contribution >= 4 is 21.9 Å². The van der Waals surface area contributed by atoms with Gasteiger partial charge in [-0.2, -0.15) is 0 Å². The van der Waals surface area contributed by atoms with Crippen molar-refractivity contribution in [3.05, 3.63) is 27.7 Å². The van der Waals surface area contributed by atoms with E-state index in [-0.39, 0.29) is 12.0 Å². The van der Waals surface area contributed by atoms with Crippen LogP contribution in [-0.4, -0.2) is 26.2 Å². The number of benzene rings is 1. The molecule has 1 aliphatic rings. The van der Waals surface area contributed by atoms with Gasteiger partial charge in [-0.3, -0.25) is 0 Å². The number of halogens is 1. The third-order valence-corrected chi connectivity index (χ3v) is 3.61. The highest BCUT2D eigenvalue weighted by Crippen LogP contribution is 2.33. The fourth-order valence-electron chi connectivity index (χ4n) is 2.15. The Bertz CT molecular complexity index is 463. The summed E-state index contributed by atoms with van der Waals surface area (Å²) >= 11 is 3.45. The zero-order valence-electron chi connectivity index (χ0n) is 12.5. The van der Waals surface area contributed by atoms with E-state index in [0.29, 0.717) is 6.61 Å². The normalized spacial score (nSPS) is 16.6. The summed E-state index contributed by atoms with van der Waals surface area (Å²) in [6, 6.07) is 3.53. The highest BCUT2D eigenvalue weighted by Gasteiger charge is 2.28. The molecular formula is C15H22BrNO3. The molecular weight excluding hydrogens is 322 g/mol. The molecule has 0 amide bonds. The van der Waals surface area contributed by atoms with Crippen molar-refractivity contribution in [3.63, 3.8) is 0 Å². The molecule has 1 aromatic carbocycles. The van der Waals surface area contributed by atoms with Crippen molar-refractivity contribution in [2.75, 3.05) is 20.3 Å². The largest absolute Gasteiger partial charge is 0.496 e. The number of fused-ring (bicyclic) bond motifs is 1. The SMILES string of the molecule is CC.CCOC(=O)C1NCCc2cc(OC)c(Br)cc21. The van der Waals surface area contributed by atoms with Crippen LogP contribution in [0.1, 0.15) is 37.9 Å². The molecule has 0 saturated heterocycles. The Balaban J connectivity index is 0.000000956. The molecule has 1 atom stereocenters. The predicted octanol–water partition coefficient (Wildman–Crippen LogP) is 3.23. The van der Waals surface area contributed by atoms with E-state index < -0.39 is 0 Å². The second kappa shape index (κ2) is 8.27. The van der Waals surface area contributed by atoms with Gasteiger partial charge in [0.1, 0.15) is 11.8 Å². The van der Waals surface area contributed by atoms with Crippen molar-refractivity contribution in [1.82, 2.24) is 5.32 Å². The minimum atomic E-state index is -0.379. The Morgan fingerprint density at radius 2 is 2.15 bits per heavy atom. The van der Waals surface area contributed by atoms with Gasteiger partial charge in [0.15, 0.2) is 0 Å². The number of carbonyl (C=O) groups is 1. The van der Waals surface area contributed by atoms with Crippen LogP contribution >= 0.6 is 15.9 Å². The molecule has 1 heterocycles. The highest BCUT2D eigenvalue weighted by atomic mass is 79.9. The predicted molar refractivity (Wildman–Crippen MR) is 83.1 cm³/mol. The molecule has 0 spiro atoms. The first-order valence-corrected chi connectivity index (χ1v) is 7.73. The monoisotopic (exact) mass is 343 g/mol. The van der Waals surface area contributed by atoms with Crippen LogP contribution in [0.15, 0.2) is 16.6 Å². The smallest absolute Gasteiger partial charge is 0.327 e. The molecule has 0 bridgehead atoms. The van der Waals surface area contributed by atoms with E-state index in [4.69, 9.17) is 9.47 Å². The molecule has 1 N–H and O–H groups in total. The zero-order chi connectivity index (χ0) is 15.1.